The molecule has 1 N–H and O–H groups in total. The van der Waals surface area contributed by atoms with Crippen LogP contribution < -0.4 is 10.2 Å². The maximum atomic E-state index is 13.5. The van der Waals surface area contributed by atoms with E-state index in [1.165, 1.54) is 18.6 Å². The topological polar surface area (TPSA) is 95.8 Å². The van der Waals surface area contributed by atoms with Gasteiger partial charge in [0.15, 0.2) is 0 Å². The van der Waals surface area contributed by atoms with E-state index < -0.39 is 4.92 Å². The largest absolute Gasteiger partial charge is 0.371 e. The first-order valence-electron chi connectivity index (χ1n) is 12.5. The van der Waals surface area contributed by atoms with Gasteiger partial charge in [-0.3, -0.25) is 19.7 Å². The van der Waals surface area contributed by atoms with Gasteiger partial charge >= 0.3 is 0 Å². The molecule has 2 amide bonds. The summed E-state index contributed by atoms with van der Waals surface area (Å²) in [5.74, 6) is 0.203. The van der Waals surface area contributed by atoms with Gasteiger partial charge in [-0.2, -0.15) is 0 Å². The number of nitro groups is 1. The molecule has 182 valence electrons. The summed E-state index contributed by atoms with van der Waals surface area (Å²) in [6, 6.07) is 4.61. The van der Waals surface area contributed by atoms with Gasteiger partial charge in [0.25, 0.3) is 11.6 Å². The van der Waals surface area contributed by atoms with E-state index >= 15 is 0 Å². The van der Waals surface area contributed by atoms with Crippen molar-refractivity contribution in [3.8, 4) is 0 Å². The minimum atomic E-state index is -0.455. The minimum absolute atomic E-state index is 0.00767. The number of piperidine rings is 2. The SMILES string of the molecule is CCCCCCNC(=O)C1CCCN(C(=O)c2cc([N+](=O)[O-])ccc2N2CCC(C)CC2)C1. The number of amides is 2. The highest BCUT2D eigenvalue weighted by molar-refractivity contribution is 6.01. The minimum Gasteiger partial charge on any atom is -0.371 e. The number of nitrogens with one attached hydrogen (secondary N) is 1. The number of non-ortho nitro benzene ring substituents is 1. The van der Waals surface area contributed by atoms with E-state index in [1.807, 2.05) is 0 Å². The molecule has 0 aromatic heterocycles. The number of nitrogens with zero attached hydrogens (tertiary/aromatic N) is 3. The van der Waals surface area contributed by atoms with Crippen LogP contribution in [0.3, 0.4) is 0 Å². The summed E-state index contributed by atoms with van der Waals surface area (Å²) >= 11 is 0. The molecule has 2 aliphatic heterocycles. The predicted molar refractivity (Wildman–Crippen MR) is 129 cm³/mol. The average Bonchev–Trinajstić information content (AvgIpc) is 2.83. The third-order valence-electron chi connectivity index (χ3n) is 6.95. The summed E-state index contributed by atoms with van der Waals surface area (Å²) < 4.78 is 0. The van der Waals surface area contributed by atoms with E-state index in [1.54, 1.807) is 11.0 Å². The highest BCUT2D eigenvalue weighted by Gasteiger charge is 2.31. The molecular formula is C25H38N4O4. The smallest absolute Gasteiger partial charge is 0.270 e. The van der Waals surface area contributed by atoms with Gasteiger partial charge in [0.05, 0.1) is 22.1 Å². The van der Waals surface area contributed by atoms with E-state index in [4.69, 9.17) is 0 Å². The lowest BCUT2D eigenvalue weighted by Gasteiger charge is -2.35. The normalized spacial score (nSPS) is 19.4. The number of rotatable bonds is 9. The lowest BCUT2D eigenvalue weighted by Crippen LogP contribution is -2.46. The van der Waals surface area contributed by atoms with E-state index in [2.05, 4.69) is 24.1 Å². The van der Waals surface area contributed by atoms with E-state index in [0.717, 1.165) is 63.7 Å². The third kappa shape index (κ3) is 6.68. The van der Waals surface area contributed by atoms with Crippen molar-refractivity contribution in [2.45, 2.75) is 65.2 Å². The van der Waals surface area contributed by atoms with Gasteiger partial charge in [0, 0.05) is 44.9 Å². The van der Waals surface area contributed by atoms with Crippen molar-refractivity contribution in [2.75, 3.05) is 37.6 Å². The molecule has 8 nitrogen and oxygen atoms in total. The van der Waals surface area contributed by atoms with Crippen LogP contribution in [-0.4, -0.2) is 54.4 Å². The summed E-state index contributed by atoms with van der Waals surface area (Å²) in [4.78, 5) is 41.1. The van der Waals surface area contributed by atoms with Crippen molar-refractivity contribution in [3.63, 3.8) is 0 Å². The fraction of sp³-hybridized carbons (Fsp3) is 0.680. The van der Waals surface area contributed by atoms with Crippen LogP contribution in [-0.2, 0) is 4.79 Å². The van der Waals surface area contributed by atoms with Gasteiger partial charge in [-0.15, -0.1) is 0 Å². The van der Waals surface area contributed by atoms with Crippen LogP contribution in [0.2, 0.25) is 0 Å². The average molecular weight is 459 g/mol. The van der Waals surface area contributed by atoms with E-state index in [-0.39, 0.29) is 23.4 Å². The van der Waals surface area contributed by atoms with Crippen molar-refractivity contribution in [3.05, 3.63) is 33.9 Å². The monoisotopic (exact) mass is 458 g/mol. The van der Waals surface area contributed by atoms with Crippen LogP contribution in [0.1, 0.15) is 75.6 Å². The van der Waals surface area contributed by atoms with Gasteiger partial charge in [0.1, 0.15) is 0 Å². The Bertz CT molecular complexity index is 836. The Balaban J connectivity index is 1.71. The molecule has 3 rings (SSSR count). The molecule has 2 saturated heterocycles. The number of benzene rings is 1. The summed E-state index contributed by atoms with van der Waals surface area (Å²) in [7, 11) is 0. The fourth-order valence-electron chi connectivity index (χ4n) is 4.79. The van der Waals surface area contributed by atoms with Gasteiger partial charge in [-0.25, -0.2) is 0 Å². The molecule has 0 radical (unpaired) electrons. The highest BCUT2D eigenvalue weighted by atomic mass is 16.6. The Morgan fingerprint density at radius 2 is 1.88 bits per heavy atom. The molecule has 0 bridgehead atoms. The second-order valence-electron chi connectivity index (χ2n) is 9.57. The summed E-state index contributed by atoms with van der Waals surface area (Å²) in [6.45, 7) is 7.65. The Hall–Kier alpha value is -2.64. The number of carbonyl (C=O) groups is 2. The number of hydrogen-bond acceptors (Lipinski definition) is 5. The zero-order chi connectivity index (χ0) is 23.8. The van der Waals surface area contributed by atoms with Gasteiger partial charge < -0.3 is 15.1 Å². The second kappa shape index (κ2) is 12.0. The molecule has 8 heteroatoms. The summed E-state index contributed by atoms with van der Waals surface area (Å²) in [6.07, 6.45) is 8.00. The van der Waals surface area contributed by atoms with Crippen molar-refractivity contribution in [1.29, 1.82) is 0 Å². The maximum Gasteiger partial charge on any atom is 0.270 e. The lowest BCUT2D eigenvalue weighted by molar-refractivity contribution is -0.384. The number of anilines is 1. The fourth-order valence-corrected chi connectivity index (χ4v) is 4.79. The summed E-state index contributed by atoms with van der Waals surface area (Å²) in [5, 5.41) is 14.4. The molecule has 1 unspecified atom stereocenters. The quantitative estimate of drug-likeness (QED) is 0.337. The van der Waals surface area contributed by atoms with Gasteiger partial charge in [-0.05, 0) is 44.1 Å². The van der Waals surface area contributed by atoms with Gasteiger partial charge in [-0.1, -0.05) is 33.1 Å². The van der Waals surface area contributed by atoms with Gasteiger partial charge in [0.2, 0.25) is 5.91 Å². The molecule has 1 aromatic carbocycles. The van der Waals surface area contributed by atoms with E-state index in [0.29, 0.717) is 31.1 Å². The molecule has 1 atom stereocenters. The molecule has 0 saturated carbocycles. The predicted octanol–water partition coefficient (Wildman–Crippen LogP) is 4.38. The Labute approximate surface area is 196 Å². The molecular weight excluding hydrogens is 420 g/mol. The number of likely N-dealkylation sites (tertiary alicyclic amines) is 1. The van der Waals surface area contributed by atoms with Crippen LogP contribution in [0.4, 0.5) is 11.4 Å². The molecule has 2 heterocycles. The molecule has 0 aliphatic carbocycles. The Kier molecular flexibility index (Phi) is 9.09. The van der Waals surface area contributed by atoms with Crippen LogP contribution in [0.25, 0.3) is 0 Å². The molecule has 2 aliphatic rings. The zero-order valence-corrected chi connectivity index (χ0v) is 20.1. The number of carbonyl (C=O) groups excluding carboxylic acids is 2. The highest BCUT2D eigenvalue weighted by Crippen LogP contribution is 2.31. The molecule has 2 fully saturated rings. The maximum absolute atomic E-state index is 13.5. The Morgan fingerprint density at radius 1 is 1.12 bits per heavy atom. The lowest BCUT2D eigenvalue weighted by atomic mass is 9.95. The molecule has 1 aromatic rings. The first-order valence-corrected chi connectivity index (χ1v) is 12.5. The van der Waals surface area contributed by atoms with Crippen molar-refractivity contribution >= 4 is 23.2 Å². The zero-order valence-electron chi connectivity index (χ0n) is 20.1. The first-order chi connectivity index (χ1) is 15.9. The van der Waals surface area contributed by atoms with Crippen molar-refractivity contribution < 1.29 is 14.5 Å². The number of hydrogen-bond donors (Lipinski definition) is 1. The Morgan fingerprint density at radius 3 is 2.58 bits per heavy atom. The number of nitro benzene ring substituents is 1. The third-order valence-corrected chi connectivity index (χ3v) is 6.95. The van der Waals surface area contributed by atoms with Crippen molar-refractivity contribution in [2.24, 2.45) is 11.8 Å². The van der Waals surface area contributed by atoms with Crippen LogP contribution in [0.15, 0.2) is 18.2 Å². The first kappa shape index (κ1) is 25.0. The van der Waals surface area contributed by atoms with Crippen molar-refractivity contribution in [1.82, 2.24) is 10.2 Å². The van der Waals surface area contributed by atoms with Crippen LogP contribution >= 0.6 is 0 Å². The van der Waals surface area contributed by atoms with E-state index in [9.17, 15) is 19.7 Å². The van der Waals surface area contributed by atoms with Crippen LogP contribution in [0, 0.1) is 22.0 Å². The molecule has 0 spiro atoms. The second-order valence-corrected chi connectivity index (χ2v) is 9.57. The number of unbranched alkanes of at least 4 members (excludes halogenated alkanes) is 3. The van der Waals surface area contributed by atoms with Crippen LogP contribution in [0.5, 0.6) is 0 Å². The molecule has 33 heavy (non-hydrogen) atoms. The summed E-state index contributed by atoms with van der Waals surface area (Å²) in [5.41, 5.74) is 1.06. The standard InChI is InChI=1S/C25H38N4O4/c1-3-4-5-6-13-26-24(30)20-8-7-14-28(18-20)25(31)22-17-21(29(32)33)9-10-23(22)27-15-11-19(2)12-16-27/h9-10,17,19-20H,3-8,11-16,18H2,1-2H3,(H,26,30).